The summed E-state index contributed by atoms with van der Waals surface area (Å²) in [5, 5.41) is 0. The zero-order valence-electron chi connectivity index (χ0n) is 12.1. The normalized spacial score (nSPS) is 12.0. The van der Waals surface area contributed by atoms with Gasteiger partial charge in [0, 0.05) is 33.0 Å². The number of anilines is 1. The highest BCUT2D eigenvalue weighted by Crippen LogP contribution is 2.23. The van der Waals surface area contributed by atoms with E-state index in [0.29, 0.717) is 24.5 Å². The lowest BCUT2D eigenvalue weighted by Crippen LogP contribution is -2.36. The van der Waals surface area contributed by atoms with Gasteiger partial charge in [-0.25, -0.2) is 8.42 Å². The predicted octanol–water partition coefficient (Wildman–Crippen LogP) is 0.861. The molecular formula is C13H22N2O4S. The second kappa shape index (κ2) is 7.58. The van der Waals surface area contributed by atoms with Crippen LogP contribution >= 0.6 is 0 Å². The summed E-state index contributed by atoms with van der Waals surface area (Å²) in [5.74, 6) is 0. The number of rotatable bonds is 8. The summed E-state index contributed by atoms with van der Waals surface area (Å²) >= 11 is 0. The van der Waals surface area contributed by atoms with Crippen LogP contribution in [0.5, 0.6) is 0 Å². The molecule has 1 aromatic carbocycles. The molecule has 0 atom stereocenters. The topological polar surface area (TPSA) is 81.9 Å². The van der Waals surface area contributed by atoms with Crippen LogP contribution in [-0.4, -0.2) is 53.2 Å². The smallest absolute Gasteiger partial charge is 0.243 e. The Morgan fingerprint density at radius 3 is 2.20 bits per heavy atom. The van der Waals surface area contributed by atoms with Crippen LogP contribution in [0.1, 0.15) is 5.56 Å². The Morgan fingerprint density at radius 1 is 1.15 bits per heavy atom. The summed E-state index contributed by atoms with van der Waals surface area (Å²) in [6, 6.07) is 4.89. The van der Waals surface area contributed by atoms with Gasteiger partial charge in [0.2, 0.25) is 10.0 Å². The maximum Gasteiger partial charge on any atom is 0.243 e. The highest BCUT2D eigenvalue weighted by Gasteiger charge is 2.26. The van der Waals surface area contributed by atoms with Crippen molar-refractivity contribution >= 4 is 15.7 Å². The van der Waals surface area contributed by atoms with Crippen LogP contribution < -0.4 is 5.73 Å². The summed E-state index contributed by atoms with van der Waals surface area (Å²) in [6.45, 7) is 2.90. The van der Waals surface area contributed by atoms with Gasteiger partial charge in [0.25, 0.3) is 0 Å². The van der Waals surface area contributed by atoms with Crippen molar-refractivity contribution in [1.82, 2.24) is 4.31 Å². The van der Waals surface area contributed by atoms with E-state index in [1.165, 1.54) is 18.5 Å². The fourth-order valence-corrected chi connectivity index (χ4v) is 3.45. The van der Waals surface area contributed by atoms with E-state index in [0.717, 1.165) is 0 Å². The van der Waals surface area contributed by atoms with Gasteiger partial charge in [0.1, 0.15) is 0 Å². The van der Waals surface area contributed by atoms with Crippen LogP contribution in [0.15, 0.2) is 23.1 Å². The van der Waals surface area contributed by atoms with Gasteiger partial charge in [-0.2, -0.15) is 4.31 Å². The molecule has 0 aliphatic carbocycles. The average Bonchev–Trinajstić information content (AvgIpc) is 2.41. The molecule has 0 aromatic heterocycles. The molecule has 0 bridgehead atoms. The number of hydrogen-bond acceptors (Lipinski definition) is 5. The lowest BCUT2D eigenvalue weighted by atomic mass is 10.2. The van der Waals surface area contributed by atoms with Crippen molar-refractivity contribution in [3.05, 3.63) is 23.8 Å². The Labute approximate surface area is 120 Å². The molecule has 1 aromatic rings. The Bertz CT molecular complexity index is 523. The van der Waals surface area contributed by atoms with Crippen LogP contribution in [-0.2, 0) is 19.5 Å². The lowest BCUT2D eigenvalue weighted by Gasteiger charge is -2.22. The quantitative estimate of drug-likeness (QED) is 0.720. The minimum atomic E-state index is -3.61. The van der Waals surface area contributed by atoms with E-state index < -0.39 is 10.0 Å². The predicted molar refractivity (Wildman–Crippen MR) is 78.1 cm³/mol. The monoisotopic (exact) mass is 302 g/mol. The zero-order valence-corrected chi connectivity index (χ0v) is 12.9. The van der Waals surface area contributed by atoms with E-state index >= 15 is 0 Å². The number of nitrogens with two attached hydrogens (primary N) is 1. The molecule has 2 N–H and O–H groups in total. The first-order valence-corrected chi connectivity index (χ1v) is 7.72. The van der Waals surface area contributed by atoms with Gasteiger partial charge in [-0.15, -0.1) is 0 Å². The number of ether oxygens (including phenoxy) is 2. The van der Waals surface area contributed by atoms with Crippen LogP contribution in [0.2, 0.25) is 0 Å². The maximum absolute atomic E-state index is 12.7. The largest absolute Gasteiger partial charge is 0.398 e. The summed E-state index contributed by atoms with van der Waals surface area (Å²) in [7, 11) is -0.536. The van der Waals surface area contributed by atoms with Crippen molar-refractivity contribution in [2.24, 2.45) is 0 Å². The molecule has 0 heterocycles. The average molecular weight is 302 g/mol. The molecule has 0 unspecified atom stereocenters. The van der Waals surface area contributed by atoms with Gasteiger partial charge >= 0.3 is 0 Å². The van der Waals surface area contributed by atoms with E-state index in [9.17, 15) is 8.42 Å². The number of nitrogen functional groups attached to an aromatic ring is 1. The Kier molecular flexibility index (Phi) is 6.41. The molecule has 0 saturated heterocycles. The Morgan fingerprint density at radius 2 is 1.70 bits per heavy atom. The van der Waals surface area contributed by atoms with E-state index in [1.54, 1.807) is 25.1 Å². The summed E-state index contributed by atoms with van der Waals surface area (Å²) in [6.07, 6.45) is 0. The SMILES string of the molecule is COCCN(CCOC)S(=O)(=O)c1cccc(N)c1C. The van der Waals surface area contributed by atoms with E-state index in [4.69, 9.17) is 15.2 Å². The first-order valence-electron chi connectivity index (χ1n) is 6.28. The highest BCUT2D eigenvalue weighted by molar-refractivity contribution is 7.89. The van der Waals surface area contributed by atoms with Crippen molar-refractivity contribution in [3.63, 3.8) is 0 Å². The first kappa shape index (κ1) is 16.9. The molecule has 114 valence electrons. The van der Waals surface area contributed by atoms with E-state index in [2.05, 4.69) is 0 Å². The second-order valence-electron chi connectivity index (χ2n) is 4.36. The molecule has 0 radical (unpaired) electrons. The molecule has 7 heteroatoms. The number of benzene rings is 1. The van der Waals surface area contributed by atoms with Crippen molar-refractivity contribution in [2.75, 3.05) is 46.3 Å². The second-order valence-corrected chi connectivity index (χ2v) is 6.27. The van der Waals surface area contributed by atoms with Gasteiger partial charge in [0.05, 0.1) is 18.1 Å². The summed E-state index contributed by atoms with van der Waals surface area (Å²) < 4.78 is 36.6. The molecule has 6 nitrogen and oxygen atoms in total. The molecule has 0 aliphatic rings. The van der Waals surface area contributed by atoms with Crippen LogP contribution in [0.4, 0.5) is 5.69 Å². The Balaban J connectivity index is 3.11. The molecule has 1 rings (SSSR count). The van der Waals surface area contributed by atoms with Crippen molar-refractivity contribution in [3.8, 4) is 0 Å². The third kappa shape index (κ3) is 3.92. The molecule has 0 amide bonds. The van der Waals surface area contributed by atoms with Gasteiger partial charge in [-0.05, 0) is 24.6 Å². The Hall–Kier alpha value is -1.15. The number of sulfonamides is 1. The number of nitrogens with zero attached hydrogens (tertiary/aromatic N) is 1. The van der Waals surface area contributed by atoms with Crippen LogP contribution in [0.3, 0.4) is 0 Å². The zero-order chi connectivity index (χ0) is 15.2. The van der Waals surface area contributed by atoms with Gasteiger partial charge < -0.3 is 15.2 Å². The van der Waals surface area contributed by atoms with Crippen molar-refractivity contribution < 1.29 is 17.9 Å². The standard InChI is InChI=1S/C13H22N2O4S/c1-11-12(14)5-4-6-13(11)20(16,17)15(7-9-18-2)8-10-19-3/h4-6H,7-10,14H2,1-3H3. The molecular weight excluding hydrogens is 280 g/mol. The number of hydrogen-bond donors (Lipinski definition) is 1. The molecule has 20 heavy (non-hydrogen) atoms. The molecule has 0 saturated carbocycles. The van der Waals surface area contributed by atoms with Gasteiger partial charge in [0.15, 0.2) is 0 Å². The maximum atomic E-state index is 12.7. The fourth-order valence-electron chi connectivity index (χ4n) is 1.79. The minimum absolute atomic E-state index is 0.227. The third-order valence-corrected chi connectivity index (χ3v) is 5.08. The fraction of sp³-hybridized carbons (Fsp3) is 0.538. The van der Waals surface area contributed by atoms with Crippen LogP contribution in [0, 0.1) is 6.92 Å². The van der Waals surface area contributed by atoms with Crippen molar-refractivity contribution in [2.45, 2.75) is 11.8 Å². The van der Waals surface area contributed by atoms with Gasteiger partial charge in [-0.3, -0.25) is 0 Å². The lowest BCUT2D eigenvalue weighted by molar-refractivity contribution is 0.150. The minimum Gasteiger partial charge on any atom is -0.398 e. The summed E-state index contributed by atoms with van der Waals surface area (Å²) in [5.41, 5.74) is 6.81. The summed E-state index contributed by atoms with van der Waals surface area (Å²) in [4.78, 5) is 0.227. The molecule has 0 aliphatic heterocycles. The number of methoxy groups -OCH3 is 2. The molecule has 0 fully saturated rings. The van der Waals surface area contributed by atoms with E-state index in [1.807, 2.05) is 0 Å². The third-order valence-electron chi connectivity index (χ3n) is 3.03. The van der Waals surface area contributed by atoms with Crippen LogP contribution in [0.25, 0.3) is 0 Å². The first-order chi connectivity index (χ1) is 9.45. The van der Waals surface area contributed by atoms with Crippen molar-refractivity contribution in [1.29, 1.82) is 0 Å². The molecule has 0 spiro atoms. The van der Waals surface area contributed by atoms with E-state index in [-0.39, 0.29) is 18.0 Å². The van der Waals surface area contributed by atoms with Gasteiger partial charge in [-0.1, -0.05) is 6.07 Å². The highest BCUT2D eigenvalue weighted by atomic mass is 32.2.